The monoisotopic (exact) mass is 290 g/mol. The Morgan fingerprint density at radius 2 is 2.00 bits per heavy atom. The van der Waals surface area contributed by atoms with Gasteiger partial charge in [0.25, 0.3) is 0 Å². The van der Waals surface area contributed by atoms with Gasteiger partial charge in [-0.05, 0) is 17.7 Å². The van der Waals surface area contributed by atoms with Gasteiger partial charge in [0.15, 0.2) is 12.4 Å². The Morgan fingerprint density at radius 1 is 1.25 bits per heavy atom. The second-order valence-electron chi connectivity index (χ2n) is 4.47. The quantitative estimate of drug-likeness (QED) is 0.566. The van der Waals surface area contributed by atoms with Crippen LogP contribution in [0.4, 0.5) is 5.69 Å². The second kappa shape index (κ2) is 6.39. The van der Waals surface area contributed by atoms with Crippen LogP contribution >= 0.6 is 0 Å². The van der Waals surface area contributed by atoms with E-state index in [9.17, 15) is 4.79 Å². The van der Waals surface area contributed by atoms with Crippen LogP contribution in [0.2, 0.25) is 0 Å². The van der Waals surface area contributed by atoms with Crippen molar-refractivity contribution in [3.05, 3.63) is 54.4 Å². The number of ether oxygens (including phenoxy) is 1. The molecule has 1 aromatic carbocycles. The molecule has 0 saturated heterocycles. The van der Waals surface area contributed by atoms with Crippen molar-refractivity contribution in [2.75, 3.05) is 11.9 Å². The van der Waals surface area contributed by atoms with E-state index >= 15 is 0 Å². The minimum absolute atomic E-state index is 0. The summed E-state index contributed by atoms with van der Waals surface area (Å²) < 4.78 is 7.95. The minimum Gasteiger partial charge on any atom is -1.00 e. The van der Waals surface area contributed by atoms with Gasteiger partial charge >= 0.3 is 6.23 Å². The van der Waals surface area contributed by atoms with Crippen LogP contribution < -0.4 is 27.0 Å². The zero-order chi connectivity index (χ0) is 13.1. The number of hydrogen-bond donors (Lipinski definition) is 1. The molecule has 4 nitrogen and oxygen atoms in total. The number of nitrogens with one attached hydrogen (secondary N) is 1. The molecule has 0 fully saturated rings. The molecular formula is C15H15ClN2O2. The summed E-state index contributed by atoms with van der Waals surface area (Å²) >= 11 is 0. The Bertz CT molecular complexity index is 587. The van der Waals surface area contributed by atoms with Crippen LogP contribution in [-0.4, -0.2) is 12.8 Å². The van der Waals surface area contributed by atoms with Crippen LogP contribution in [0.15, 0.2) is 48.8 Å². The summed E-state index contributed by atoms with van der Waals surface area (Å²) in [5, 5.41) is 3.35. The Balaban J connectivity index is 0.00000147. The molecule has 3 rings (SSSR count). The van der Waals surface area contributed by atoms with E-state index in [4.69, 9.17) is 4.74 Å². The van der Waals surface area contributed by atoms with Crippen LogP contribution in [0.3, 0.4) is 0 Å². The highest BCUT2D eigenvalue weighted by Gasteiger charge is 2.25. The van der Waals surface area contributed by atoms with Gasteiger partial charge in [-0.2, -0.15) is 4.57 Å². The van der Waals surface area contributed by atoms with Gasteiger partial charge in [0, 0.05) is 18.6 Å². The maximum Gasteiger partial charge on any atom is 0.319 e. The van der Waals surface area contributed by atoms with E-state index in [1.54, 1.807) is 0 Å². The molecule has 1 N–H and O–H groups in total. The Labute approximate surface area is 123 Å². The van der Waals surface area contributed by atoms with Crippen LogP contribution in [0.25, 0.3) is 0 Å². The van der Waals surface area contributed by atoms with Crippen molar-refractivity contribution in [3.8, 4) is 5.75 Å². The van der Waals surface area contributed by atoms with Gasteiger partial charge in [0.1, 0.15) is 18.6 Å². The molecule has 0 bridgehead atoms. The molecule has 2 heterocycles. The molecule has 1 aromatic heterocycles. The van der Waals surface area contributed by atoms with Gasteiger partial charge in [0.05, 0.1) is 5.69 Å². The summed E-state index contributed by atoms with van der Waals surface area (Å²) in [7, 11) is 0. The van der Waals surface area contributed by atoms with Gasteiger partial charge in [-0.1, -0.05) is 12.1 Å². The molecule has 5 heteroatoms. The number of fused-ring (bicyclic) bond motifs is 1. The third-order valence-corrected chi connectivity index (χ3v) is 3.19. The van der Waals surface area contributed by atoms with Crippen molar-refractivity contribution in [3.63, 3.8) is 0 Å². The predicted octanol–water partition coefficient (Wildman–Crippen LogP) is -1.28. The maximum atomic E-state index is 10.5. The van der Waals surface area contributed by atoms with Gasteiger partial charge in [-0.15, -0.1) is 0 Å². The van der Waals surface area contributed by atoms with Crippen LogP contribution in [0, 0.1) is 0 Å². The first-order valence-corrected chi connectivity index (χ1v) is 6.30. The number of aldehydes is 1. The first kappa shape index (κ1) is 14.3. The standard InChI is InChI=1S/C15H15N2O2.ClH/c18-10-7-12-5-8-17(9-6-12)15-11-16-13-3-1-2-4-14(13)19-15;/h1-6,8-10,15-16H,7,11H2;1H/q+1;/p-1. The number of benzene rings is 1. The number of carbonyl (C=O) groups excluding carboxylic acids is 1. The van der Waals surface area contributed by atoms with Crippen molar-refractivity contribution in [1.82, 2.24) is 0 Å². The molecule has 1 aliphatic rings. The fourth-order valence-corrected chi connectivity index (χ4v) is 2.16. The Kier molecular flexibility index (Phi) is 4.58. The molecule has 0 amide bonds. The summed E-state index contributed by atoms with van der Waals surface area (Å²) in [5.41, 5.74) is 2.03. The normalized spacial score (nSPS) is 16.1. The van der Waals surface area contributed by atoms with E-state index in [2.05, 4.69) is 5.32 Å². The van der Waals surface area contributed by atoms with Gasteiger partial charge in [-0.3, -0.25) is 0 Å². The number of anilines is 1. The smallest absolute Gasteiger partial charge is 0.319 e. The molecular weight excluding hydrogens is 276 g/mol. The van der Waals surface area contributed by atoms with Crippen molar-refractivity contribution in [1.29, 1.82) is 0 Å². The SMILES string of the molecule is O=CCc1cc[n+](C2CNc3ccccc3O2)cc1.[Cl-]. The summed E-state index contributed by atoms with van der Waals surface area (Å²) in [5.74, 6) is 0.864. The third kappa shape index (κ3) is 2.91. The number of para-hydroxylation sites is 2. The van der Waals surface area contributed by atoms with Crippen molar-refractivity contribution in [2.45, 2.75) is 12.6 Å². The van der Waals surface area contributed by atoms with Gasteiger partial charge in [-0.25, -0.2) is 0 Å². The molecule has 1 unspecified atom stereocenters. The molecule has 0 saturated carbocycles. The van der Waals surface area contributed by atoms with Gasteiger partial charge < -0.3 is 27.3 Å². The first-order valence-electron chi connectivity index (χ1n) is 6.30. The second-order valence-corrected chi connectivity index (χ2v) is 4.47. The van der Waals surface area contributed by atoms with Crippen LogP contribution in [0.5, 0.6) is 5.75 Å². The highest BCUT2D eigenvalue weighted by atomic mass is 35.5. The highest BCUT2D eigenvalue weighted by molar-refractivity contribution is 5.57. The minimum atomic E-state index is -0.0693. The largest absolute Gasteiger partial charge is 1.00 e. The summed E-state index contributed by atoms with van der Waals surface area (Å²) in [6.07, 6.45) is 5.18. The average molecular weight is 291 g/mol. The molecule has 0 aliphatic carbocycles. The molecule has 0 radical (unpaired) electrons. The van der Waals surface area contributed by atoms with Crippen molar-refractivity contribution in [2.24, 2.45) is 0 Å². The molecule has 20 heavy (non-hydrogen) atoms. The number of nitrogens with zero attached hydrogens (tertiary/aromatic N) is 1. The van der Waals surface area contributed by atoms with Gasteiger partial charge in [0.2, 0.25) is 0 Å². The van der Waals surface area contributed by atoms with Crippen LogP contribution in [-0.2, 0) is 11.2 Å². The van der Waals surface area contributed by atoms with E-state index in [0.29, 0.717) is 13.0 Å². The number of halogens is 1. The van der Waals surface area contributed by atoms with E-state index in [-0.39, 0.29) is 18.6 Å². The maximum absolute atomic E-state index is 10.5. The number of pyridine rings is 1. The Morgan fingerprint density at radius 3 is 2.75 bits per heavy atom. The molecule has 104 valence electrons. The van der Waals surface area contributed by atoms with E-state index in [1.165, 1.54) is 0 Å². The van der Waals surface area contributed by atoms with E-state index in [0.717, 1.165) is 23.3 Å². The topological polar surface area (TPSA) is 42.2 Å². The third-order valence-electron chi connectivity index (χ3n) is 3.19. The summed E-state index contributed by atoms with van der Waals surface area (Å²) in [6.45, 7) is 0.717. The average Bonchev–Trinajstić information content (AvgIpc) is 2.48. The lowest BCUT2D eigenvalue weighted by molar-refractivity contribution is -0.751. The van der Waals surface area contributed by atoms with E-state index in [1.807, 2.05) is 53.4 Å². The van der Waals surface area contributed by atoms with Crippen molar-refractivity contribution >= 4 is 12.0 Å². The first-order chi connectivity index (χ1) is 9.36. The van der Waals surface area contributed by atoms with Crippen molar-refractivity contribution < 1.29 is 26.5 Å². The highest BCUT2D eigenvalue weighted by Crippen LogP contribution is 2.29. The number of aromatic nitrogens is 1. The zero-order valence-corrected chi connectivity index (χ0v) is 11.6. The zero-order valence-electron chi connectivity index (χ0n) is 10.8. The number of carbonyl (C=O) groups is 1. The molecule has 1 aliphatic heterocycles. The number of hydrogen-bond acceptors (Lipinski definition) is 3. The molecule has 0 spiro atoms. The van der Waals surface area contributed by atoms with E-state index < -0.39 is 0 Å². The summed E-state index contributed by atoms with van der Waals surface area (Å²) in [6, 6.07) is 11.8. The predicted molar refractivity (Wildman–Crippen MR) is 71.0 cm³/mol. The lowest BCUT2D eigenvalue weighted by Gasteiger charge is -2.23. The number of rotatable bonds is 3. The molecule has 2 aromatic rings. The fourth-order valence-electron chi connectivity index (χ4n) is 2.16. The lowest BCUT2D eigenvalue weighted by Crippen LogP contribution is -3.00. The van der Waals surface area contributed by atoms with Crippen LogP contribution in [0.1, 0.15) is 11.8 Å². The summed E-state index contributed by atoms with van der Waals surface area (Å²) in [4.78, 5) is 10.5. The lowest BCUT2D eigenvalue weighted by atomic mass is 10.2. The fraction of sp³-hybridized carbons (Fsp3) is 0.200. The molecule has 1 atom stereocenters. The Hall–Kier alpha value is -2.07.